The third-order valence-corrected chi connectivity index (χ3v) is 7.35. The van der Waals surface area contributed by atoms with Gasteiger partial charge in [0.05, 0.1) is 26.7 Å². The Morgan fingerprint density at radius 1 is 1.19 bits per heavy atom. The highest BCUT2D eigenvalue weighted by Gasteiger charge is 2.25. The fourth-order valence-electron chi connectivity index (χ4n) is 4.75. The van der Waals surface area contributed by atoms with E-state index >= 15 is 0 Å². The second-order valence-corrected chi connectivity index (χ2v) is 10.1. The number of benzene rings is 2. The van der Waals surface area contributed by atoms with Gasteiger partial charge in [-0.25, -0.2) is 9.97 Å². The molecule has 2 aromatic carbocycles. The molecule has 4 aromatic rings. The van der Waals surface area contributed by atoms with E-state index in [1.54, 1.807) is 18.2 Å². The Morgan fingerprint density at radius 3 is 2.59 bits per heavy atom. The molecule has 1 fully saturated rings. The minimum atomic E-state index is -0.419. The van der Waals surface area contributed by atoms with Crippen LogP contribution in [0, 0.1) is 18.3 Å². The molecular formula is C27H25Cl2N7O. The number of aromatic nitrogens is 3. The quantitative estimate of drug-likeness (QED) is 0.379. The van der Waals surface area contributed by atoms with Crippen LogP contribution in [0.3, 0.4) is 0 Å². The molecule has 1 saturated heterocycles. The molecule has 1 atom stereocenters. The maximum atomic E-state index is 13.3. The molecule has 5 rings (SSSR count). The van der Waals surface area contributed by atoms with E-state index in [-0.39, 0.29) is 22.4 Å². The number of nitriles is 1. The molecule has 2 aromatic heterocycles. The molecule has 10 heteroatoms. The molecule has 37 heavy (non-hydrogen) atoms. The Balaban J connectivity index is 1.47. The van der Waals surface area contributed by atoms with Crippen LogP contribution in [-0.2, 0) is 0 Å². The van der Waals surface area contributed by atoms with Crippen LogP contribution in [0.15, 0.2) is 53.6 Å². The van der Waals surface area contributed by atoms with E-state index in [1.165, 1.54) is 22.6 Å². The van der Waals surface area contributed by atoms with Crippen molar-refractivity contribution >= 4 is 51.4 Å². The van der Waals surface area contributed by atoms with Gasteiger partial charge in [-0.15, -0.1) is 0 Å². The van der Waals surface area contributed by atoms with Gasteiger partial charge in [0.1, 0.15) is 11.6 Å². The van der Waals surface area contributed by atoms with Gasteiger partial charge in [0.15, 0.2) is 0 Å². The summed E-state index contributed by atoms with van der Waals surface area (Å²) >= 11 is 12.6. The van der Waals surface area contributed by atoms with Crippen molar-refractivity contribution in [3.8, 4) is 11.8 Å². The summed E-state index contributed by atoms with van der Waals surface area (Å²) in [6.07, 6.45) is 3.97. The summed E-state index contributed by atoms with van der Waals surface area (Å²) in [7, 11) is 4.24. The van der Waals surface area contributed by atoms with Gasteiger partial charge < -0.3 is 15.1 Å². The third kappa shape index (κ3) is 4.74. The molecule has 0 spiro atoms. The lowest BCUT2D eigenvalue weighted by atomic mass is 10.1. The molecular weight excluding hydrogens is 509 g/mol. The standard InChI is InChI=1S/C27H25Cl2N7O/c1-16-11-18(7-8-23(16)35-10-9-19(15-35)34(2)3)32-27-31-13-20-24(33-27)17(12-30)14-36(26(20)37)25-21(28)5-4-6-22(25)29/h4-8,11,13-14,19H,9-10,15H2,1-3H3,(H,31,32,33)/t19-/m0/s1. The SMILES string of the molecule is Cc1cc(Nc2ncc3c(=O)n(-c4c(Cl)cccc4Cl)cc(C#N)c3n2)ccc1N1CC[C@H](N(C)C)C1. The van der Waals surface area contributed by atoms with E-state index in [2.05, 4.69) is 64.3 Å². The Hall–Kier alpha value is -3.64. The summed E-state index contributed by atoms with van der Waals surface area (Å²) < 4.78 is 1.27. The van der Waals surface area contributed by atoms with Crippen LogP contribution >= 0.6 is 23.2 Å². The monoisotopic (exact) mass is 533 g/mol. The van der Waals surface area contributed by atoms with E-state index in [0.29, 0.717) is 21.8 Å². The van der Waals surface area contributed by atoms with Crippen molar-refractivity contribution < 1.29 is 0 Å². The molecule has 0 saturated carbocycles. The summed E-state index contributed by atoms with van der Waals surface area (Å²) in [5.41, 5.74) is 3.51. The average molecular weight is 534 g/mol. The van der Waals surface area contributed by atoms with E-state index in [0.717, 1.165) is 30.8 Å². The summed E-state index contributed by atoms with van der Waals surface area (Å²) in [6, 6.07) is 13.8. The van der Waals surface area contributed by atoms with Crippen molar-refractivity contribution in [3.05, 3.63) is 80.3 Å². The molecule has 1 N–H and O–H groups in total. The maximum absolute atomic E-state index is 13.3. The summed E-state index contributed by atoms with van der Waals surface area (Å²) in [4.78, 5) is 26.8. The fourth-order valence-corrected chi connectivity index (χ4v) is 5.33. The van der Waals surface area contributed by atoms with Crippen molar-refractivity contribution in [2.45, 2.75) is 19.4 Å². The first-order chi connectivity index (χ1) is 17.8. The number of anilines is 3. The van der Waals surface area contributed by atoms with Gasteiger partial charge in [0.2, 0.25) is 5.95 Å². The predicted octanol–water partition coefficient (Wildman–Crippen LogP) is 5.15. The first-order valence-electron chi connectivity index (χ1n) is 11.8. The normalized spacial score (nSPS) is 15.4. The number of para-hydroxylation sites is 1. The maximum Gasteiger partial charge on any atom is 0.266 e. The van der Waals surface area contributed by atoms with Gasteiger partial charge in [0.25, 0.3) is 5.56 Å². The van der Waals surface area contributed by atoms with Gasteiger partial charge >= 0.3 is 0 Å². The number of aryl methyl sites for hydroxylation is 1. The highest BCUT2D eigenvalue weighted by atomic mass is 35.5. The third-order valence-electron chi connectivity index (χ3n) is 6.74. The van der Waals surface area contributed by atoms with Crippen molar-refractivity contribution in [1.29, 1.82) is 5.26 Å². The number of hydrogen-bond donors (Lipinski definition) is 1. The lowest BCUT2D eigenvalue weighted by Crippen LogP contribution is -2.31. The van der Waals surface area contributed by atoms with Crippen LogP contribution in [0.4, 0.5) is 17.3 Å². The molecule has 0 amide bonds. The Morgan fingerprint density at radius 2 is 1.95 bits per heavy atom. The lowest BCUT2D eigenvalue weighted by Gasteiger charge is -2.23. The second-order valence-electron chi connectivity index (χ2n) is 9.33. The molecule has 3 heterocycles. The van der Waals surface area contributed by atoms with Gasteiger partial charge in [-0.1, -0.05) is 29.3 Å². The molecule has 1 aliphatic rings. The van der Waals surface area contributed by atoms with Crippen molar-refractivity contribution in [2.24, 2.45) is 0 Å². The first-order valence-corrected chi connectivity index (χ1v) is 12.6. The molecule has 0 unspecified atom stereocenters. The molecule has 1 aliphatic heterocycles. The van der Waals surface area contributed by atoms with Crippen LogP contribution in [0.5, 0.6) is 0 Å². The number of rotatable bonds is 5. The summed E-state index contributed by atoms with van der Waals surface area (Å²) in [5.74, 6) is 0.290. The largest absolute Gasteiger partial charge is 0.370 e. The average Bonchev–Trinajstić information content (AvgIpc) is 3.36. The molecule has 0 radical (unpaired) electrons. The van der Waals surface area contributed by atoms with Gasteiger partial charge in [-0.05, 0) is 63.3 Å². The summed E-state index contributed by atoms with van der Waals surface area (Å²) in [6.45, 7) is 4.11. The number of fused-ring (bicyclic) bond motifs is 1. The zero-order chi connectivity index (χ0) is 26.3. The van der Waals surface area contributed by atoms with E-state index in [4.69, 9.17) is 23.2 Å². The fraction of sp³-hybridized carbons (Fsp3) is 0.259. The van der Waals surface area contributed by atoms with Crippen molar-refractivity contribution in [3.63, 3.8) is 0 Å². The topological polar surface area (TPSA) is 90.1 Å². The smallest absolute Gasteiger partial charge is 0.266 e. The van der Waals surface area contributed by atoms with Crippen LogP contribution in [0.25, 0.3) is 16.6 Å². The van der Waals surface area contributed by atoms with Crippen LogP contribution in [0.2, 0.25) is 10.0 Å². The number of likely N-dealkylation sites (N-methyl/N-ethyl adjacent to an activating group) is 1. The lowest BCUT2D eigenvalue weighted by molar-refractivity contribution is 0.315. The van der Waals surface area contributed by atoms with Crippen LogP contribution < -0.4 is 15.8 Å². The number of nitrogens with one attached hydrogen (secondary N) is 1. The molecule has 0 aliphatic carbocycles. The zero-order valence-corrected chi connectivity index (χ0v) is 22.2. The summed E-state index contributed by atoms with van der Waals surface area (Å²) in [5, 5.41) is 13.8. The highest BCUT2D eigenvalue weighted by Crippen LogP contribution is 2.30. The molecule has 8 nitrogen and oxygen atoms in total. The Bertz CT molecular complexity index is 1590. The van der Waals surface area contributed by atoms with Crippen LogP contribution in [-0.4, -0.2) is 52.7 Å². The number of pyridine rings is 1. The van der Waals surface area contributed by atoms with Gasteiger partial charge in [-0.2, -0.15) is 5.26 Å². The van der Waals surface area contributed by atoms with E-state index in [9.17, 15) is 10.1 Å². The number of nitrogens with zero attached hydrogens (tertiary/aromatic N) is 6. The number of halogens is 2. The first kappa shape index (κ1) is 25.0. The van der Waals surface area contributed by atoms with E-state index < -0.39 is 5.56 Å². The van der Waals surface area contributed by atoms with Gasteiger partial charge in [-0.3, -0.25) is 9.36 Å². The Kier molecular flexibility index (Phi) is 6.78. The highest BCUT2D eigenvalue weighted by molar-refractivity contribution is 6.37. The zero-order valence-electron chi connectivity index (χ0n) is 20.7. The van der Waals surface area contributed by atoms with Crippen LogP contribution in [0.1, 0.15) is 17.5 Å². The minimum Gasteiger partial charge on any atom is -0.370 e. The molecule has 0 bridgehead atoms. The van der Waals surface area contributed by atoms with E-state index in [1.807, 2.05) is 6.07 Å². The minimum absolute atomic E-state index is 0.191. The number of hydrogen-bond acceptors (Lipinski definition) is 7. The van der Waals surface area contributed by atoms with Gasteiger partial charge in [0, 0.05) is 42.9 Å². The second kappa shape index (κ2) is 10.0. The molecule has 188 valence electrons. The van der Waals surface area contributed by atoms with Crippen molar-refractivity contribution in [2.75, 3.05) is 37.4 Å². The Labute approximate surface area is 224 Å². The predicted molar refractivity (Wildman–Crippen MR) is 149 cm³/mol. The van der Waals surface area contributed by atoms with Crippen molar-refractivity contribution in [1.82, 2.24) is 19.4 Å².